The van der Waals surface area contributed by atoms with Gasteiger partial charge in [-0.3, -0.25) is 5.84 Å². The molecule has 0 aromatic heterocycles. The molecular weight excluding hydrogens is 204 g/mol. The van der Waals surface area contributed by atoms with Crippen molar-refractivity contribution >= 4 is 28.0 Å². The van der Waals surface area contributed by atoms with E-state index in [1.54, 1.807) is 0 Å². The molecule has 0 bridgehead atoms. The number of hydrazine groups is 1. The van der Waals surface area contributed by atoms with Gasteiger partial charge in [-0.15, -0.1) is 0 Å². The molecule has 0 aliphatic heterocycles. The van der Waals surface area contributed by atoms with Crippen LogP contribution in [0.25, 0.3) is 10.8 Å². The zero-order chi connectivity index (χ0) is 10.7. The van der Waals surface area contributed by atoms with Gasteiger partial charge in [0.05, 0.1) is 4.99 Å². The van der Waals surface area contributed by atoms with Crippen LogP contribution in [0.4, 0.5) is 0 Å². The van der Waals surface area contributed by atoms with Gasteiger partial charge < -0.3 is 5.43 Å². The molecule has 0 saturated heterocycles. The van der Waals surface area contributed by atoms with E-state index in [0.29, 0.717) is 11.4 Å². The molecule has 0 saturated carbocycles. The zero-order valence-electron chi connectivity index (χ0n) is 8.23. The predicted octanol–water partition coefficient (Wildman–Crippen LogP) is 2.17. The third-order valence-corrected chi connectivity index (χ3v) is 2.60. The Bertz CT molecular complexity index is 494. The predicted molar refractivity (Wildman–Crippen MR) is 67.6 cm³/mol. The van der Waals surface area contributed by atoms with E-state index in [0.717, 1.165) is 0 Å². The summed E-state index contributed by atoms with van der Waals surface area (Å²) in [4.78, 5) is 0.658. The Kier molecular flexibility index (Phi) is 2.94. The van der Waals surface area contributed by atoms with E-state index >= 15 is 0 Å². The Morgan fingerprint density at radius 1 is 1.13 bits per heavy atom. The summed E-state index contributed by atoms with van der Waals surface area (Å²) < 4.78 is 0. The molecule has 0 heterocycles. The molecule has 0 unspecified atom stereocenters. The van der Waals surface area contributed by atoms with Crippen LogP contribution in [0, 0.1) is 0 Å². The van der Waals surface area contributed by atoms with Gasteiger partial charge in [0, 0.05) is 6.42 Å². The lowest BCUT2D eigenvalue weighted by Gasteiger charge is -2.04. The molecule has 0 spiro atoms. The van der Waals surface area contributed by atoms with Gasteiger partial charge in [0.2, 0.25) is 0 Å². The molecule has 2 nitrogen and oxygen atoms in total. The minimum Gasteiger partial charge on any atom is -0.318 e. The number of fused-ring (bicyclic) bond motifs is 1. The van der Waals surface area contributed by atoms with Crippen LogP contribution in [0.15, 0.2) is 42.5 Å². The molecular formula is C12H12N2S. The number of hydrogen-bond acceptors (Lipinski definition) is 2. The van der Waals surface area contributed by atoms with Crippen molar-refractivity contribution < 1.29 is 0 Å². The lowest BCUT2D eigenvalue weighted by Crippen LogP contribution is -2.29. The number of benzene rings is 2. The molecule has 3 heteroatoms. The molecule has 3 N–H and O–H groups in total. The molecule has 76 valence electrons. The van der Waals surface area contributed by atoms with Crippen molar-refractivity contribution in [2.45, 2.75) is 6.42 Å². The van der Waals surface area contributed by atoms with E-state index in [4.69, 9.17) is 18.1 Å². The fourth-order valence-electron chi connectivity index (χ4n) is 1.59. The van der Waals surface area contributed by atoms with E-state index in [9.17, 15) is 0 Å². The highest BCUT2D eigenvalue weighted by Crippen LogP contribution is 2.15. The van der Waals surface area contributed by atoms with E-state index < -0.39 is 0 Å². The van der Waals surface area contributed by atoms with E-state index in [2.05, 4.69) is 35.8 Å². The molecule has 0 amide bonds. The lowest BCUT2D eigenvalue weighted by molar-refractivity contribution is 1.02. The van der Waals surface area contributed by atoms with Crippen molar-refractivity contribution in [1.29, 1.82) is 0 Å². The Morgan fingerprint density at radius 3 is 2.60 bits per heavy atom. The van der Waals surface area contributed by atoms with Crippen LogP contribution < -0.4 is 11.3 Å². The highest BCUT2D eigenvalue weighted by molar-refractivity contribution is 7.80. The normalized spacial score (nSPS) is 10.2. The smallest absolute Gasteiger partial charge is 0.0937 e. The molecule has 0 radical (unpaired) electrons. The zero-order valence-corrected chi connectivity index (χ0v) is 9.05. The summed E-state index contributed by atoms with van der Waals surface area (Å²) in [7, 11) is 0. The standard InChI is InChI=1S/C12H12N2S/c13-14-12(15)8-9-5-6-10-3-1-2-4-11(10)7-9/h1-7H,8,13H2,(H,14,15). The van der Waals surface area contributed by atoms with Crippen LogP contribution >= 0.6 is 12.2 Å². The highest BCUT2D eigenvalue weighted by atomic mass is 32.1. The summed E-state index contributed by atoms with van der Waals surface area (Å²) in [6.07, 6.45) is 0.691. The number of hydrogen-bond donors (Lipinski definition) is 2. The van der Waals surface area contributed by atoms with Gasteiger partial charge in [-0.1, -0.05) is 54.7 Å². The maximum atomic E-state index is 5.24. The fourth-order valence-corrected chi connectivity index (χ4v) is 1.75. The van der Waals surface area contributed by atoms with Gasteiger partial charge in [-0.05, 0) is 16.3 Å². The van der Waals surface area contributed by atoms with Crippen LogP contribution in [-0.4, -0.2) is 4.99 Å². The molecule has 2 aromatic rings. The van der Waals surface area contributed by atoms with Crippen molar-refractivity contribution in [2.24, 2.45) is 5.84 Å². The third kappa shape index (κ3) is 2.32. The minimum absolute atomic E-state index is 0.658. The van der Waals surface area contributed by atoms with E-state index in [-0.39, 0.29) is 0 Å². The first-order valence-electron chi connectivity index (χ1n) is 4.77. The fraction of sp³-hybridized carbons (Fsp3) is 0.0833. The van der Waals surface area contributed by atoms with Crippen molar-refractivity contribution in [3.05, 3.63) is 48.0 Å². The molecule has 0 atom stereocenters. The van der Waals surface area contributed by atoms with Crippen molar-refractivity contribution in [2.75, 3.05) is 0 Å². The van der Waals surface area contributed by atoms with E-state index in [1.807, 2.05) is 12.1 Å². The topological polar surface area (TPSA) is 38.0 Å². The largest absolute Gasteiger partial charge is 0.318 e. The average molecular weight is 216 g/mol. The third-order valence-electron chi connectivity index (χ3n) is 2.34. The molecule has 2 aromatic carbocycles. The SMILES string of the molecule is NNC(=S)Cc1ccc2ccccc2c1. The Balaban J connectivity index is 2.34. The van der Waals surface area contributed by atoms with Gasteiger partial charge in [-0.2, -0.15) is 0 Å². The van der Waals surface area contributed by atoms with Crippen LogP contribution in [0.1, 0.15) is 5.56 Å². The molecule has 2 rings (SSSR count). The molecule has 0 aliphatic rings. The monoisotopic (exact) mass is 216 g/mol. The maximum absolute atomic E-state index is 5.24. The van der Waals surface area contributed by atoms with Crippen molar-refractivity contribution in [1.82, 2.24) is 5.43 Å². The van der Waals surface area contributed by atoms with Crippen LogP contribution in [0.2, 0.25) is 0 Å². The van der Waals surface area contributed by atoms with Crippen molar-refractivity contribution in [3.8, 4) is 0 Å². The minimum atomic E-state index is 0.658. The van der Waals surface area contributed by atoms with Gasteiger partial charge in [-0.25, -0.2) is 0 Å². The average Bonchev–Trinajstić information content (AvgIpc) is 2.29. The van der Waals surface area contributed by atoms with Crippen LogP contribution in [0.3, 0.4) is 0 Å². The Labute approximate surface area is 94.1 Å². The summed E-state index contributed by atoms with van der Waals surface area (Å²) in [6, 6.07) is 14.6. The summed E-state index contributed by atoms with van der Waals surface area (Å²) in [5.74, 6) is 5.24. The number of rotatable bonds is 2. The van der Waals surface area contributed by atoms with E-state index in [1.165, 1.54) is 16.3 Å². The second kappa shape index (κ2) is 4.38. The Morgan fingerprint density at radius 2 is 1.87 bits per heavy atom. The number of nitrogens with two attached hydrogens (primary N) is 1. The lowest BCUT2D eigenvalue weighted by atomic mass is 10.1. The second-order valence-electron chi connectivity index (χ2n) is 3.43. The number of thiocarbonyl (C=S) groups is 1. The van der Waals surface area contributed by atoms with Gasteiger partial charge in [0.15, 0.2) is 0 Å². The van der Waals surface area contributed by atoms with Gasteiger partial charge in [0.25, 0.3) is 0 Å². The quantitative estimate of drug-likeness (QED) is 0.459. The van der Waals surface area contributed by atoms with Crippen LogP contribution in [0.5, 0.6) is 0 Å². The first kappa shape index (κ1) is 10.1. The number of nitrogens with one attached hydrogen (secondary N) is 1. The van der Waals surface area contributed by atoms with Gasteiger partial charge in [0.1, 0.15) is 0 Å². The molecule has 15 heavy (non-hydrogen) atoms. The van der Waals surface area contributed by atoms with Crippen molar-refractivity contribution in [3.63, 3.8) is 0 Å². The maximum Gasteiger partial charge on any atom is 0.0937 e. The molecule has 0 aliphatic carbocycles. The van der Waals surface area contributed by atoms with Crippen LogP contribution in [-0.2, 0) is 6.42 Å². The second-order valence-corrected chi connectivity index (χ2v) is 3.92. The molecule has 0 fully saturated rings. The summed E-state index contributed by atoms with van der Waals surface area (Å²) in [5.41, 5.74) is 3.67. The summed E-state index contributed by atoms with van der Waals surface area (Å²) in [6.45, 7) is 0. The Hall–Kier alpha value is -1.45. The first-order valence-corrected chi connectivity index (χ1v) is 5.17. The van der Waals surface area contributed by atoms with Gasteiger partial charge >= 0.3 is 0 Å². The summed E-state index contributed by atoms with van der Waals surface area (Å²) in [5, 5.41) is 2.47. The highest BCUT2D eigenvalue weighted by Gasteiger charge is 1.98. The summed E-state index contributed by atoms with van der Waals surface area (Å²) >= 11 is 5.02. The first-order chi connectivity index (χ1) is 7.29.